The summed E-state index contributed by atoms with van der Waals surface area (Å²) in [6.45, 7) is 5.47. The van der Waals surface area contributed by atoms with Gasteiger partial charge in [0.05, 0.1) is 18.5 Å². The van der Waals surface area contributed by atoms with E-state index in [0.29, 0.717) is 12.5 Å². The van der Waals surface area contributed by atoms with Gasteiger partial charge >= 0.3 is 0 Å². The molecular weight excluding hydrogens is 362 g/mol. The SMILES string of the molecule is CCOc1ccc(Cc2cc3cc(NC)cnc3n2CC2CCCOCC2)cc1. The Balaban J connectivity index is 1.64. The van der Waals surface area contributed by atoms with Crippen LogP contribution >= 0.6 is 0 Å². The molecule has 1 aliphatic rings. The second kappa shape index (κ2) is 9.31. The first-order valence-corrected chi connectivity index (χ1v) is 10.7. The minimum absolute atomic E-state index is 0.637. The van der Waals surface area contributed by atoms with Crippen LogP contribution in [0.3, 0.4) is 0 Å². The minimum atomic E-state index is 0.637. The Hall–Kier alpha value is -2.53. The Kier molecular flexibility index (Phi) is 6.35. The third-order valence-corrected chi connectivity index (χ3v) is 5.74. The van der Waals surface area contributed by atoms with Crippen LogP contribution in [0, 0.1) is 5.92 Å². The molecule has 1 atom stereocenters. The highest BCUT2D eigenvalue weighted by molar-refractivity contribution is 5.81. The highest BCUT2D eigenvalue weighted by atomic mass is 16.5. The van der Waals surface area contributed by atoms with E-state index in [-0.39, 0.29) is 0 Å². The lowest BCUT2D eigenvalue weighted by molar-refractivity contribution is 0.140. The van der Waals surface area contributed by atoms with Crippen LogP contribution in [0.15, 0.2) is 42.6 Å². The summed E-state index contributed by atoms with van der Waals surface area (Å²) >= 11 is 0. The van der Waals surface area contributed by atoms with Crippen LogP contribution in [0.2, 0.25) is 0 Å². The molecule has 1 N–H and O–H groups in total. The second-order valence-electron chi connectivity index (χ2n) is 7.80. The predicted molar refractivity (Wildman–Crippen MR) is 118 cm³/mol. The van der Waals surface area contributed by atoms with Gasteiger partial charge in [0.2, 0.25) is 0 Å². The van der Waals surface area contributed by atoms with Gasteiger partial charge in [0.1, 0.15) is 11.4 Å². The first-order valence-electron chi connectivity index (χ1n) is 10.7. The molecular formula is C24H31N3O2. The maximum Gasteiger partial charge on any atom is 0.140 e. The fourth-order valence-corrected chi connectivity index (χ4v) is 4.18. The summed E-state index contributed by atoms with van der Waals surface area (Å²) in [7, 11) is 1.94. The van der Waals surface area contributed by atoms with Crippen LogP contribution < -0.4 is 10.1 Å². The molecule has 5 nitrogen and oxygen atoms in total. The smallest absolute Gasteiger partial charge is 0.140 e. The normalized spacial score (nSPS) is 17.2. The molecule has 0 aliphatic carbocycles. The Morgan fingerprint density at radius 1 is 1.17 bits per heavy atom. The van der Waals surface area contributed by atoms with E-state index in [4.69, 9.17) is 14.5 Å². The highest BCUT2D eigenvalue weighted by Crippen LogP contribution is 2.27. The number of aromatic nitrogens is 2. The van der Waals surface area contributed by atoms with E-state index < -0.39 is 0 Å². The standard InChI is InChI=1S/C24H31N3O2/c1-3-29-23-8-6-18(7-9-23)13-22-15-20-14-21(25-2)16-26-24(20)27(22)17-19-5-4-11-28-12-10-19/h6-9,14-16,19,25H,3-5,10-13,17H2,1-2H3. The lowest BCUT2D eigenvalue weighted by atomic mass is 10.0. The van der Waals surface area contributed by atoms with Crippen molar-refractivity contribution >= 4 is 16.7 Å². The van der Waals surface area contributed by atoms with E-state index in [1.165, 1.54) is 23.1 Å². The Labute approximate surface area is 173 Å². The second-order valence-corrected chi connectivity index (χ2v) is 7.80. The fourth-order valence-electron chi connectivity index (χ4n) is 4.18. The zero-order chi connectivity index (χ0) is 20.1. The van der Waals surface area contributed by atoms with Crippen LogP contribution in [0.1, 0.15) is 37.4 Å². The van der Waals surface area contributed by atoms with Crippen molar-refractivity contribution in [2.24, 2.45) is 5.92 Å². The molecule has 1 fully saturated rings. The molecule has 1 unspecified atom stereocenters. The summed E-state index contributed by atoms with van der Waals surface area (Å²) in [5, 5.41) is 4.40. The number of ether oxygens (including phenoxy) is 2. The number of nitrogens with zero attached hydrogens (tertiary/aromatic N) is 2. The molecule has 1 saturated heterocycles. The predicted octanol–water partition coefficient (Wildman–Crippen LogP) is 4.88. The van der Waals surface area contributed by atoms with E-state index in [1.807, 2.05) is 20.2 Å². The van der Waals surface area contributed by atoms with Crippen molar-refractivity contribution in [1.29, 1.82) is 0 Å². The van der Waals surface area contributed by atoms with E-state index in [0.717, 1.165) is 56.1 Å². The molecule has 0 radical (unpaired) electrons. The summed E-state index contributed by atoms with van der Waals surface area (Å²) in [6.07, 6.45) is 6.31. The number of fused-ring (bicyclic) bond motifs is 1. The largest absolute Gasteiger partial charge is 0.494 e. The summed E-state index contributed by atoms with van der Waals surface area (Å²) in [5.41, 5.74) is 4.73. The first-order chi connectivity index (χ1) is 14.3. The molecule has 0 amide bonds. The van der Waals surface area contributed by atoms with Crippen molar-refractivity contribution in [2.45, 2.75) is 39.2 Å². The van der Waals surface area contributed by atoms with Gasteiger partial charge in [-0.3, -0.25) is 0 Å². The summed E-state index contributed by atoms with van der Waals surface area (Å²) < 4.78 is 13.7. The number of benzene rings is 1. The van der Waals surface area contributed by atoms with E-state index in [1.54, 1.807) is 0 Å². The fraction of sp³-hybridized carbons (Fsp3) is 0.458. The van der Waals surface area contributed by atoms with Gasteiger partial charge in [0.25, 0.3) is 0 Å². The summed E-state index contributed by atoms with van der Waals surface area (Å²) in [6, 6.07) is 12.9. The lowest BCUT2D eigenvalue weighted by Crippen LogP contribution is -2.14. The average Bonchev–Trinajstić information content (AvgIpc) is 2.90. The Morgan fingerprint density at radius 2 is 2.03 bits per heavy atom. The maximum atomic E-state index is 5.67. The van der Waals surface area contributed by atoms with Crippen molar-refractivity contribution in [2.75, 3.05) is 32.2 Å². The zero-order valence-electron chi connectivity index (χ0n) is 17.5. The molecule has 4 rings (SSSR count). The van der Waals surface area contributed by atoms with Crippen LogP contribution in [0.25, 0.3) is 11.0 Å². The van der Waals surface area contributed by atoms with Crippen LogP contribution in [-0.4, -0.2) is 36.4 Å². The average molecular weight is 394 g/mol. The van der Waals surface area contributed by atoms with Gasteiger partial charge in [0, 0.05) is 44.3 Å². The number of nitrogens with one attached hydrogen (secondary N) is 1. The van der Waals surface area contributed by atoms with Crippen LogP contribution in [0.5, 0.6) is 5.75 Å². The molecule has 0 spiro atoms. The number of rotatable bonds is 7. The molecule has 2 aromatic heterocycles. The molecule has 0 bridgehead atoms. The summed E-state index contributed by atoms with van der Waals surface area (Å²) in [5.74, 6) is 1.56. The van der Waals surface area contributed by atoms with E-state index >= 15 is 0 Å². The van der Waals surface area contributed by atoms with Crippen molar-refractivity contribution < 1.29 is 9.47 Å². The highest BCUT2D eigenvalue weighted by Gasteiger charge is 2.18. The van der Waals surface area contributed by atoms with Crippen molar-refractivity contribution in [3.8, 4) is 5.75 Å². The van der Waals surface area contributed by atoms with E-state index in [2.05, 4.69) is 46.3 Å². The molecule has 1 aromatic carbocycles. The van der Waals surface area contributed by atoms with Gasteiger partial charge in [-0.05, 0) is 61.9 Å². The molecule has 3 heterocycles. The zero-order valence-corrected chi connectivity index (χ0v) is 17.5. The van der Waals surface area contributed by atoms with Gasteiger partial charge in [-0.2, -0.15) is 0 Å². The molecule has 3 aromatic rings. The lowest BCUT2D eigenvalue weighted by Gasteiger charge is -2.18. The molecule has 0 saturated carbocycles. The molecule has 29 heavy (non-hydrogen) atoms. The molecule has 154 valence electrons. The van der Waals surface area contributed by atoms with Crippen molar-refractivity contribution in [3.05, 3.63) is 53.9 Å². The Bertz CT molecular complexity index is 925. The van der Waals surface area contributed by atoms with E-state index in [9.17, 15) is 0 Å². The van der Waals surface area contributed by atoms with Crippen LogP contribution in [-0.2, 0) is 17.7 Å². The summed E-state index contributed by atoms with van der Waals surface area (Å²) in [4.78, 5) is 4.79. The third-order valence-electron chi connectivity index (χ3n) is 5.74. The maximum absolute atomic E-state index is 5.67. The van der Waals surface area contributed by atoms with Gasteiger partial charge in [-0.1, -0.05) is 12.1 Å². The topological polar surface area (TPSA) is 48.3 Å². The van der Waals surface area contributed by atoms with Gasteiger partial charge < -0.3 is 19.4 Å². The van der Waals surface area contributed by atoms with Crippen LogP contribution in [0.4, 0.5) is 5.69 Å². The molecule has 1 aliphatic heterocycles. The van der Waals surface area contributed by atoms with Gasteiger partial charge in [0.15, 0.2) is 0 Å². The number of hydrogen-bond acceptors (Lipinski definition) is 4. The monoisotopic (exact) mass is 393 g/mol. The number of anilines is 1. The van der Waals surface area contributed by atoms with Gasteiger partial charge in [-0.25, -0.2) is 4.98 Å². The minimum Gasteiger partial charge on any atom is -0.494 e. The number of hydrogen-bond donors (Lipinski definition) is 1. The van der Waals surface area contributed by atoms with Crippen molar-refractivity contribution in [1.82, 2.24) is 9.55 Å². The number of pyridine rings is 1. The quantitative estimate of drug-likeness (QED) is 0.621. The third kappa shape index (κ3) is 4.73. The van der Waals surface area contributed by atoms with Gasteiger partial charge in [-0.15, -0.1) is 0 Å². The first kappa shape index (κ1) is 19.8. The Morgan fingerprint density at radius 3 is 2.83 bits per heavy atom. The van der Waals surface area contributed by atoms with Crippen molar-refractivity contribution in [3.63, 3.8) is 0 Å². The molecule has 5 heteroatoms.